The van der Waals surface area contributed by atoms with E-state index >= 15 is 0 Å². The molecule has 14 heavy (non-hydrogen) atoms. The number of carbonyl (C=O) groups is 1. The van der Waals surface area contributed by atoms with Crippen molar-refractivity contribution < 1.29 is 4.79 Å². The van der Waals surface area contributed by atoms with Crippen LogP contribution in [0.3, 0.4) is 0 Å². The Bertz CT molecular complexity index is 259. The fraction of sp³-hybridized carbons (Fsp3) is 0.600. The minimum Gasteiger partial charge on any atom is -0.356 e. The van der Waals surface area contributed by atoms with Gasteiger partial charge in [0, 0.05) is 30.5 Å². The summed E-state index contributed by atoms with van der Waals surface area (Å²) in [5.41, 5.74) is 1.81. The van der Waals surface area contributed by atoms with E-state index in [1.807, 2.05) is 11.7 Å². The zero-order chi connectivity index (χ0) is 10.2. The number of thiazole rings is 1. The van der Waals surface area contributed by atoms with Gasteiger partial charge in [-0.1, -0.05) is 13.3 Å². The monoisotopic (exact) mass is 212 g/mol. The fourth-order valence-corrected chi connectivity index (χ4v) is 1.72. The van der Waals surface area contributed by atoms with Crippen LogP contribution in [0.4, 0.5) is 0 Å². The van der Waals surface area contributed by atoms with Crippen LogP contribution < -0.4 is 5.32 Å². The number of hydrogen-bond donors (Lipinski definition) is 1. The molecule has 0 fully saturated rings. The van der Waals surface area contributed by atoms with Gasteiger partial charge in [0.1, 0.15) is 0 Å². The first-order valence-electron chi connectivity index (χ1n) is 4.97. The lowest BCUT2D eigenvalue weighted by molar-refractivity contribution is -0.121. The first-order chi connectivity index (χ1) is 6.83. The molecule has 0 atom stereocenters. The standard InChI is InChI=1S/C10H16N2OS/c1-2-3-4-10(13)12-6-5-9-7-11-8-14-9/h7-8H,2-6H2,1H3,(H,12,13). The van der Waals surface area contributed by atoms with Crippen LogP contribution in [0.15, 0.2) is 11.7 Å². The van der Waals surface area contributed by atoms with Gasteiger partial charge in [-0.3, -0.25) is 9.78 Å². The molecule has 0 aromatic carbocycles. The average molecular weight is 212 g/mol. The Morgan fingerprint density at radius 2 is 2.50 bits per heavy atom. The fourth-order valence-electron chi connectivity index (χ4n) is 1.12. The molecule has 0 aliphatic heterocycles. The van der Waals surface area contributed by atoms with E-state index in [-0.39, 0.29) is 5.91 Å². The second kappa shape index (κ2) is 6.54. The zero-order valence-electron chi connectivity index (χ0n) is 8.45. The van der Waals surface area contributed by atoms with Crippen LogP contribution in [0.2, 0.25) is 0 Å². The van der Waals surface area contributed by atoms with Gasteiger partial charge in [0.25, 0.3) is 0 Å². The van der Waals surface area contributed by atoms with Crippen molar-refractivity contribution in [3.8, 4) is 0 Å². The SMILES string of the molecule is CCCCC(=O)NCCc1cncs1. The minimum atomic E-state index is 0.163. The second-order valence-corrected chi connectivity index (χ2v) is 4.14. The lowest BCUT2D eigenvalue weighted by Crippen LogP contribution is -2.25. The molecule has 0 aliphatic rings. The minimum absolute atomic E-state index is 0.163. The maximum absolute atomic E-state index is 11.2. The quantitative estimate of drug-likeness (QED) is 0.783. The second-order valence-electron chi connectivity index (χ2n) is 3.17. The summed E-state index contributed by atoms with van der Waals surface area (Å²) in [6.07, 6.45) is 5.44. The summed E-state index contributed by atoms with van der Waals surface area (Å²) >= 11 is 1.63. The van der Waals surface area contributed by atoms with Gasteiger partial charge in [-0.25, -0.2) is 0 Å². The van der Waals surface area contributed by atoms with Crippen LogP contribution in [0, 0.1) is 0 Å². The van der Waals surface area contributed by atoms with E-state index in [2.05, 4.69) is 17.2 Å². The maximum Gasteiger partial charge on any atom is 0.220 e. The number of hydrogen-bond acceptors (Lipinski definition) is 3. The number of nitrogens with zero attached hydrogens (tertiary/aromatic N) is 1. The van der Waals surface area contributed by atoms with Gasteiger partial charge < -0.3 is 5.32 Å². The molecule has 1 amide bonds. The zero-order valence-corrected chi connectivity index (χ0v) is 9.27. The van der Waals surface area contributed by atoms with Gasteiger partial charge in [-0.15, -0.1) is 11.3 Å². The summed E-state index contributed by atoms with van der Waals surface area (Å²) < 4.78 is 0. The third kappa shape index (κ3) is 4.37. The molecule has 1 aromatic heterocycles. The van der Waals surface area contributed by atoms with Crippen molar-refractivity contribution in [3.63, 3.8) is 0 Å². The van der Waals surface area contributed by atoms with Crippen molar-refractivity contribution in [3.05, 3.63) is 16.6 Å². The summed E-state index contributed by atoms with van der Waals surface area (Å²) in [6, 6.07) is 0. The van der Waals surface area contributed by atoms with Crippen LogP contribution in [0.25, 0.3) is 0 Å². The Balaban J connectivity index is 2.06. The summed E-state index contributed by atoms with van der Waals surface area (Å²) in [4.78, 5) is 16.4. The smallest absolute Gasteiger partial charge is 0.220 e. The highest BCUT2D eigenvalue weighted by Crippen LogP contribution is 2.05. The molecule has 1 rings (SSSR count). The summed E-state index contributed by atoms with van der Waals surface area (Å²) in [5.74, 6) is 0.163. The molecule has 0 unspecified atom stereocenters. The normalized spacial score (nSPS) is 10.1. The van der Waals surface area contributed by atoms with E-state index in [1.165, 1.54) is 4.88 Å². The Morgan fingerprint density at radius 3 is 3.14 bits per heavy atom. The summed E-state index contributed by atoms with van der Waals surface area (Å²) in [7, 11) is 0. The molecule has 78 valence electrons. The van der Waals surface area contributed by atoms with Gasteiger partial charge >= 0.3 is 0 Å². The van der Waals surface area contributed by atoms with Crippen molar-refractivity contribution in [2.45, 2.75) is 32.6 Å². The van der Waals surface area contributed by atoms with Crippen molar-refractivity contribution in [2.75, 3.05) is 6.54 Å². The largest absolute Gasteiger partial charge is 0.356 e. The molecular weight excluding hydrogens is 196 g/mol. The highest BCUT2D eigenvalue weighted by molar-refractivity contribution is 7.09. The Hall–Kier alpha value is -0.900. The topological polar surface area (TPSA) is 42.0 Å². The third-order valence-corrected chi connectivity index (χ3v) is 2.77. The van der Waals surface area contributed by atoms with E-state index < -0.39 is 0 Å². The Morgan fingerprint density at radius 1 is 1.64 bits per heavy atom. The van der Waals surface area contributed by atoms with E-state index in [9.17, 15) is 4.79 Å². The van der Waals surface area contributed by atoms with Crippen molar-refractivity contribution >= 4 is 17.2 Å². The van der Waals surface area contributed by atoms with E-state index in [1.54, 1.807) is 11.3 Å². The highest BCUT2D eigenvalue weighted by Gasteiger charge is 1.99. The molecule has 4 heteroatoms. The Labute approximate surface area is 88.6 Å². The van der Waals surface area contributed by atoms with E-state index in [4.69, 9.17) is 0 Å². The molecule has 0 aliphatic carbocycles. The molecule has 3 nitrogen and oxygen atoms in total. The molecule has 1 aromatic rings. The molecule has 0 spiro atoms. The van der Waals surface area contributed by atoms with Gasteiger partial charge in [0.05, 0.1) is 5.51 Å². The van der Waals surface area contributed by atoms with Crippen LogP contribution in [-0.2, 0) is 11.2 Å². The van der Waals surface area contributed by atoms with Crippen molar-refractivity contribution in [1.82, 2.24) is 10.3 Å². The predicted octanol–water partition coefficient (Wildman–Crippen LogP) is 1.99. The lowest BCUT2D eigenvalue weighted by atomic mass is 10.2. The first kappa shape index (κ1) is 11.2. The molecule has 0 saturated carbocycles. The number of unbranched alkanes of at least 4 members (excludes halogenated alkanes) is 1. The number of nitrogens with one attached hydrogen (secondary N) is 1. The molecule has 1 heterocycles. The number of aromatic nitrogens is 1. The van der Waals surface area contributed by atoms with Crippen LogP contribution in [-0.4, -0.2) is 17.4 Å². The molecule has 0 saturated heterocycles. The van der Waals surface area contributed by atoms with Gasteiger partial charge in [0.15, 0.2) is 0 Å². The Kier molecular flexibility index (Phi) is 5.22. The van der Waals surface area contributed by atoms with Crippen LogP contribution in [0.5, 0.6) is 0 Å². The van der Waals surface area contributed by atoms with Crippen LogP contribution >= 0.6 is 11.3 Å². The van der Waals surface area contributed by atoms with Crippen molar-refractivity contribution in [2.24, 2.45) is 0 Å². The van der Waals surface area contributed by atoms with E-state index in [0.717, 1.165) is 25.8 Å². The number of rotatable bonds is 6. The van der Waals surface area contributed by atoms with Crippen molar-refractivity contribution in [1.29, 1.82) is 0 Å². The summed E-state index contributed by atoms with van der Waals surface area (Å²) in [6.45, 7) is 2.81. The molecule has 1 N–H and O–H groups in total. The molecule has 0 radical (unpaired) electrons. The maximum atomic E-state index is 11.2. The molecular formula is C10H16N2OS. The average Bonchev–Trinajstić information content (AvgIpc) is 2.67. The predicted molar refractivity (Wildman–Crippen MR) is 58.4 cm³/mol. The van der Waals surface area contributed by atoms with Crippen LogP contribution in [0.1, 0.15) is 31.1 Å². The highest BCUT2D eigenvalue weighted by atomic mass is 32.1. The van der Waals surface area contributed by atoms with Gasteiger partial charge in [-0.05, 0) is 6.42 Å². The van der Waals surface area contributed by atoms with Gasteiger partial charge in [0.2, 0.25) is 5.91 Å². The van der Waals surface area contributed by atoms with E-state index in [0.29, 0.717) is 6.42 Å². The number of amides is 1. The third-order valence-electron chi connectivity index (χ3n) is 1.93. The van der Waals surface area contributed by atoms with Gasteiger partial charge in [-0.2, -0.15) is 0 Å². The lowest BCUT2D eigenvalue weighted by Gasteiger charge is -2.02. The molecule has 0 bridgehead atoms. The summed E-state index contributed by atoms with van der Waals surface area (Å²) in [5, 5.41) is 2.90. The first-order valence-corrected chi connectivity index (χ1v) is 5.85. The number of carbonyl (C=O) groups excluding carboxylic acids is 1.